The minimum absolute atomic E-state index is 0.274. The van der Waals surface area contributed by atoms with Crippen LogP contribution in [0.2, 0.25) is 0 Å². The first-order valence-corrected chi connectivity index (χ1v) is 8.21. The van der Waals surface area contributed by atoms with Crippen molar-refractivity contribution in [2.45, 2.75) is 19.8 Å². The summed E-state index contributed by atoms with van der Waals surface area (Å²) in [4.78, 5) is 23.4. The second-order valence-corrected chi connectivity index (χ2v) is 5.51. The number of hydrogen-bond donors (Lipinski definition) is 2. The van der Waals surface area contributed by atoms with E-state index in [-0.39, 0.29) is 11.5 Å². The van der Waals surface area contributed by atoms with E-state index in [2.05, 4.69) is 12.2 Å². The van der Waals surface area contributed by atoms with Crippen molar-refractivity contribution in [3.05, 3.63) is 65.7 Å². The predicted molar refractivity (Wildman–Crippen MR) is 99.5 cm³/mol. The molecule has 25 heavy (non-hydrogen) atoms. The predicted octanol–water partition coefficient (Wildman–Crippen LogP) is 3.62. The Bertz CT molecular complexity index is 769. The van der Waals surface area contributed by atoms with Crippen molar-refractivity contribution in [2.24, 2.45) is 5.73 Å². The Labute approximate surface area is 147 Å². The molecule has 0 saturated carbocycles. The van der Waals surface area contributed by atoms with E-state index in [0.717, 1.165) is 24.2 Å². The van der Waals surface area contributed by atoms with Crippen LogP contribution in [-0.2, 0) is 4.79 Å². The molecule has 0 unspecified atom stereocenters. The largest absolute Gasteiger partial charge is 0.494 e. The van der Waals surface area contributed by atoms with Gasteiger partial charge in [0, 0.05) is 6.08 Å². The molecule has 2 rings (SSSR count). The van der Waals surface area contributed by atoms with Crippen molar-refractivity contribution >= 4 is 23.6 Å². The van der Waals surface area contributed by atoms with E-state index in [1.54, 1.807) is 30.3 Å². The molecule has 5 heteroatoms. The molecule has 3 N–H and O–H groups in total. The van der Waals surface area contributed by atoms with Crippen molar-refractivity contribution < 1.29 is 14.3 Å². The third-order valence-electron chi connectivity index (χ3n) is 3.50. The molecule has 0 saturated heterocycles. The first-order chi connectivity index (χ1) is 12.1. The molecule has 130 valence electrons. The number of anilines is 1. The SMILES string of the molecule is CCCCOc1cccc(C=CC(=O)Nc2ccccc2C(N)=O)c1. The molecule has 0 spiro atoms. The maximum atomic E-state index is 12.1. The number of benzene rings is 2. The first kappa shape index (κ1) is 18.3. The van der Waals surface area contributed by atoms with Crippen LogP contribution >= 0.6 is 0 Å². The second-order valence-electron chi connectivity index (χ2n) is 5.51. The summed E-state index contributed by atoms with van der Waals surface area (Å²) < 4.78 is 5.65. The van der Waals surface area contributed by atoms with Gasteiger partial charge >= 0.3 is 0 Å². The fourth-order valence-corrected chi connectivity index (χ4v) is 2.20. The van der Waals surface area contributed by atoms with E-state index in [1.807, 2.05) is 24.3 Å². The molecular formula is C20H22N2O3. The minimum Gasteiger partial charge on any atom is -0.494 e. The van der Waals surface area contributed by atoms with Crippen LogP contribution in [0.3, 0.4) is 0 Å². The topological polar surface area (TPSA) is 81.4 Å². The summed E-state index contributed by atoms with van der Waals surface area (Å²) in [5.41, 5.74) is 6.82. The summed E-state index contributed by atoms with van der Waals surface area (Å²) in [5.74, 6) is -0.155. The Hall–Kier alpha value is -3.08. The number of hydrogen-bond acceptors (Lipinski definition) is 3. The van der Waals surface area contributed by atoms with Crippen molar-refractivity contribution in [3.8, 4) is 5.75 Å². The highest BCUT2D eigenvalue weighted by molar-refractivity contribution is 6.07. The van der Waals surface area contributed by atoms with E-state index in [0.29, 0.717) is 12.3 Å². The molecule has 0 aromatic heterocycles. The molecule has 5 nitrogen and oxygen atoms in total. The highest BCUT2D eigenvalue weighted by Gasteiger charge is 2.08. The van der Waals surface area contributed by atoms with Gasteiger partial charge in [-0.3, -0.25) is 9.59 Å². The van der Waals surface area contributed by atoms with Gasteiger partial charge in [-0.15, -0.1) is 0 Å². The third-order valence-corrected chi connectivity index (χ3v) is 3.50. The van der Waals surface area contributed by atoms with Crippen LogP contribution in [-0.4, -0.2) is 18.4 Å². The zero-order valence-corrected chi connectivity index (χ0v) is 14.2. The number of primary amides is 1. The molecule has 2 aromatic carbocycles. The monoisotopic (exact) mass is 338 g/mol. The number of ether oxygens (including phenoxy) is 1. The molecule has 0 atom stereocenters. The van der Waals surface area contributed by atoms with Gasteiger partial charge in [-0.1, -0.05) is 37.6 Å². The average molecular weight is 338 g/mol. The van der Waals surface area contributed by atoms with Gasteiger partial charge in [-0.2, -0.15) is 0 Å². The lowest BCUT2D eigenvalue weighted by Gasteiger charge is -2.07. The Morgan fingerprint density at radius 1 is 1.16 bits per heavy atom. The highest BCUT2D eigenvalue weighted by atomic mass is 16.5. The quantitative estimate of drug-likeness (QED) is 0.570. The lowest BCUT2D eigenvalue weighted by molar-refractivity contribution is -0.111. The van der Waals surface area contributed by atoms with Crippen molar-refractivity contribution in [3.63, 3.8) is 0 Å². The molecule has 2 amide bonds. The molecular weight excluding hydrogens is 316 g/mol. The molecule has 0 aliphatic carbocycles. The van der Waals surface area contributed by atoms with Crippen LogP contribution in [0.4, 0.5) is 5.69 Å². The maximum Gasteiger partial charge on any atom is 0.250 e. The molecule has 0 aliphatic rings. The van der Waals surface area contributed by atoms with E-state index < -0.39 is 5.91 Å². The molecule has 0 fully saturated rings. The highest BCUT2D eigenvalue weighted by Crippen LogP contribution is 2.16. The van der Waals surface area contributed by atoms with Gasteiger partial charge in [0.25, 0.3) is 5.91 Å². The fourth-order valence-electron chi connectivity index (χ4n) is 2.20. The van der Waals surface area contributed by atoms with Gasteiger partial charge in [-0.25, -0.2) is 0 Å². The van der Waals surface area contributed by atoms with Crippen molar-refractivity contribution in [1.29, 1.82) is 0 Å². The summed E-state index contributed by atoms with van der Waals surface area (Å²) in [6, 6.07) is 14.1. The normalized spacial score (nSPS) is 10.6. The molecule has 0 heterocycles. The summed E-state index contributed by atoms with van der Waals surface area (Å²) in [6.45, 7) is 2.78. The summed E-state index contributed by atoms with van der Waals surface area (Å²) in [6.07, 6.45) is 5.17. The second kappa shape index (κ2) is 9.27. The maximum absolute atomic E-state index is 12.1. The van der Waals surface area contributed by atoms with Gasteiger partial charge < -0.3 is 15.8 Å². The number of carbonyl (C=O) groups is 2. The van der Waals surface area contributed by atoms with Crippen molar-refractivity contribution in [2.75, 3.05) is 11.9 Å². The van der Waals surface area contributed by atoms with Gasteiger partial charge in [-0.05, 0) is 42.3 Å². The van der Waals surface area contributed by atoms with Crippen LogP contribution in [0.25, 0.3) is 6.08 Å². The summed E-state index contributed by atoms with van der Waals surface area (Å²) >= 11 is 0. The Kier molecular flexibility index (Phi) is 6.77. The van der Waals surface area contributed by atoms with E-state index in [1.165, 1.54) is 6.08 Å². The first-order valence-electron chi connectivity index (χ1n) is 8.21. The zero-order chi connectivity index (χ0) is 18.1. The lowest BCUT2D eigenvalue weighted by atomic mass is 10.1. The zero-order valence-electron chi connectivity index (χ0n) is 14.2. The Balaban J connectivity index is 2.01. The van der Waals surface area contributed by atoms with Gasteiger partial charge in [0.15, 0.2) is 0 Å². The standard InChI is InChI=1S/C20H22N2O3/c1-2-3-13-25-16-8-6-7-15(14-16)11-12-19(23)22-18-10-5-4-9-17(18)20(21)24/h4-12,14H,2-3,13H2,1H3,(H2,21,24)(H,22,23). The molecule has 0 radical (unpaired) electrons. The smallest absolute Gasteiger partial charge is 0.250 e. The number of amides is 2. The van der Waals surface area contributed by atoms with Crippen LogP contribution in [0.5, 0.6) is 5.75 Å². The number of rotatable bonds is 8. The van der Waals surface area contributed by atoms with Crippen LogP contribution in [0.1, 0.15) is 35.7 Å². The van der Waals surface area contributed by atoms with Crippen LogP contribution < -0.4 is 15.8 Å². The summed E-state index contributed by atoms with van der Waals surface area (Å²) in [7, 11) is 0. The molecule has 0 bridgehead atoms. The third kappa shape index (κ3) is 5.80. The Morgan fingerprint density at radius 2 is 1.96 bits per heavy atom. The van der Waals surface area contributed by atoms with Gasteiger partial charge in [0.2, 0.25) is 5.91 Å². The van der Waals surface area contributed by atoms with Crippen LogP contribution in [0, 0.1) is 0 Å². The van der Waals surface area contributed by atoms with Crippen LogP contribution in [0.15, 0.2) is 54.6 Å². The van der Waals surface area contributed by atoms with E-state index >= 15 is 0 Å². The molecule has 0 aliphatic heterocycles. The summed E-state index contributed by atoms with van der Waals surface area (Å²) in [5, 5.41) is 2.66. The number of nitrogens with two attached hydrogens (primary N) is 1. The lowest BCUT2D eigenvalue weighted by Crippen LogP contribution is -2.16. The fraction of sp³-hybridized carbons (Fsp3) is 0.200. The van der Waals surface area contributed by atoms with Crippen molar-refractivity contribution in [1.82, 2.24) is 0 Å². The van der Waals surface area contributed by atoms with E-state index in [4.69, 9.17) is 10.5 Å². The number of carbonyl (C=O) groups excluding carboxylic acids is 2. The minimum atomic E-state index is -0.586. The number of para-hydroxylation sites is 1. The van der Waals surface area contributed by atoms with E-state index in [9.17, 15) is 9.59 Å². The number of nitrogens with one attached hydrogen (secondary N) is 1. The van der Waals surface area contributed by atoms with Gasteiger partial charge in [0.05, 0.1) is 17.9 Å². The van der Waals surface area contributed by atoms with Gasteiger partial charge in [0.1, 0.15) is 5.75 Å². The average Bonchev–Trinajstić information content (AvgIpc) is 2.61. The molecule has 2 aromatic rings. The Morgan fingerprint density at radius 3 is 2.72 bits per heavy atom. The number of unbranched alkanes of at least 4 members (excludes halogenated alkanes) is 1.